The number of likely N-dealkylation sites (tertiary alicyclic amines) is 1. The van der Waals surface area contributed by atoms with Gasteiger partial charge in [0, 0.05) is 42.8 Å². The third-order valence-electron chi connectivity index (χ3n) is 4.92. The zero-order valence-electron chi connectivity index (χ0n) is 16.0. The van der Waals surface area contributed by atoms with Crippen LogP contribution in [0.15, 0.2) is 30.5 Å². The number of nitrogens with one attached hydrogen (secondary N) is 3. The average molecular weight is 386 g/mol. The molecule has 1 fully saturated rings. The summed E-state index contributed by atoms with van der Waals surface area (Å²) in [6.07, 6.45) is 3.44. The Bertz CT molecular complexity index is 840. The first-order valence-corrected chi connectivity index (χ1v) is 9.64. The van der Waals surface area contributed by atoms with Gasteiger partial charge >= 0.3 is 17.9 Å². The van der Waals surface area contributed by atoms with E-state index in [1.807, 2.05) is 30.5 Å². The molecule has 3 amide bonds. The summed E-state index contributed by atoms with van der Waals surface area (Å²) in [7, 11) is 0. The lowest BCUT2D eigenvalue weighted by Crippen LogP contribution is -2.50. The van der Waals surface area contributed by atoms with Crippen molar-refractivity contribution in [1.82, 2.24) is 20.5 Å². The smallest absolute Gasteiger partial charge is 0.409 e. The Hall–Kier alpha value is -3.03. The van der Waals surface area contributed by atoms with E-state index in [4.69, 9.17) is 4.74 Å². The molecule has 1 aliphatic heterocycles. The second kappa shape index (κ2) is 9.25. The molecule has 0 aliphatic carbocycles. The van der Waals surface area contributed by atoms with E-state index in [9.17, 15) is 14.4 Å². The first-order valence-electron chi connectivity index (χ1n) is 9.64. The second-order valence-electron chi connectivity index (χ2n) is 6.80. The van der Waals surface area contributed by atoms with Crippen LogP contribution in [0.25, 0.3) is 10.9 Å². The molecule has 3 N–H and O–H groups in total. The molecule has 28 heavy (non-hydrogen) atoms. The molecule has 150 valence electrons. The van der Waals surface area contributed by atoms with Crippen LogP contribution >= 0.6 is 0 Å². The molecule has 8 heteroatoms. The van der Waals surface area contributed by atoms with Crippen LogP contribution < -0.4 is 10.6 Å². The molecule has 0 bridgehead atoms. The number of aromatic amines is 1. The molecule has 2 heterocycles. The van der Waals surface area contributed by atoms with Crippen molar-refractivity contribution in [1.29, 1.82) is 0 Å². The molecule has 1 saturated heterocycles. The predicted octanol–water partition coefficient (Wildman–Crippen LogP) is 1.56. The fraction of sp³-hybridized carbons (Fsp3) is 0.450. The fourth-order valence-electron chi connectivity index (χ4n) is 3.40. The third kappa shape index (κ3) is 4.82. The molecule has 1 aromatic heterocycles. The third-order valence-corrected chi connectivity index (χ3v) is 4.92. The van der Waals surface area contributed by atoms with Crippen LogP contribution in [0.2, 0.25) is 0 Å². The van der Waals surface area contributed by atoms with Gasteiger partial charge in [0.15, 0.2) is 0 Å². The molecule has 2 aromatic rings. The van der Waals surface area contributed by atoms with E-state index in [1.54, 1.807) is 11.8 Å². The Morgan fingerprint density at radius 3 is 2.68 bits per heavy atom. The van der Waals surface area contributed by atoms with Gasteiger partial charge in [-0.25, -0.2) is 4.79 Å². The predicted molar refractivity (Wildman–Crippen MR) is 105 cm³/mol. The molecule has 3 rings (SSSR count). The summed E-state index contributed by atoms with van der Waals surface area (Å²) in [5, 5.41) is 6.54. The fourth-order valence-corrected chi connectivity index (χ4v) is 3.40. The zero-order chi connectivity index (χ0) is 19.9. The molecule has 0 radical (unpaired) electrons. The number of para-hydroxylation sites is 1. The van der Waals surface area contributed by atoms with Crippen LogP contribution in [0.1, 0.15) is 25.3 Å². The van der Waals surface area contributed by atoms with Crippen molar-refractivity contribution in [2.75, 3.05) is 26.2 Å². The zero-order valence-corrected chi connectivity index (χ0v) is 16.0. The Kier molecular flexibility index (Phi) is 6.52. The van der Waals surface area contributed by atoms with Gasteiger partial charge in [0.25, 0.3) is 0 Å². The van der Waals surface area contributed by atoms with Crippen LogP contribution in [-0.4, -0.2) is 60.1 Å². The van der Waals surface area contributed by atoms with Crippen LogP contribution in [0.3, 0.4) is 0 Å². The van der Waals surface area contributed by atoms with Crippen molar-refractivity contribution in [3.05, 3.63) is 36.0 Å². The van der Waals surface area contributed by atoms with Crippen molar-refractivity contribution in [2.45, 2.75) is 32.2 Å². The van der Waals surface area contributed by atoms with Gasteiger partial charge in [-0.3, -0.25) is 9.59 Å². The van der Waals surface area contributed by atoms with Crippen LogP contribution in [-0.2, 0) is 20.7 Å². The van der Waals surface area contributed by atoms with Crippen LogP contribution in [0.5, 0.6) is 0 Å². The maximum atomic E-state index is 12.1. The monoisotopic (exact) mass is 386 g/mol. The van der Waals surface area contributed by atoms with E-state index in [-0.39, 0.29) is 12.1 Å². The molecule has 0 atom stereocenters. The molecule has 0 saturated carbocycles. The van der Waals surface area contributed by atoms with E-state index in [2.05, 4.69) is 15.6 Å². The summed E-state index contributed by atoms with van der Waals surface area (Å²) >= 11 is 0. The van der Waals surface area contributed by atoms with E-state index in [0.29, 0.717) is 45.5 Å². The number of hydrogen-bond acceptors (Lipinski definition) is 4. The van der Waals surface area contributed by atoms with Crippen molar-refractivity contribution < 1.29 is 19.1 Å². The van der Waals surface area contributed by atoms with Crippen molar-refractivity contribution in [3.8, 4) is 0 Å². The van der Waals surface area contributed by atoms with Gasteiger partial charge in [-0.05, 0) is 37.8 Å². The van der Waals surface area contributed by atoms with Gasteiger partial charge in [-0.2, -0.15) is 0 Å². The summed E-state index contributed by atoms with van der Waals surface area (Å²) in [4.78, 5) is 40.6. The molecule has 1 aliphatic rings. The number of carbonyl (C=O) groups excluding carboxylic acids is 3. The first kappa shape index (κ1) is 19.7. The van der Waals surface area contributed by atoms with E-state index in [1.165, 1.54) is 0 Å². The molecule has 0 spiro atoms. The average Bonchev–Trinajstić information content (AvgIpc) is 3.12. The van der Waals surface area contributed by atoms with E-state index < -0.39 is 11.8 Å². The Morgan fingerprint density at radius 2 is 1.93 bits per heavy atom. The van der Waals surface area contributed by atoms with Crippen LogP contribution in [0, 0.1) is 0 Å². The number of aromatic nitrogens is 1. The number of amides is 3. The number of carbonyl (C=O) groups is 3. The largest absolute Gasteiger partial charge is 0.450 e. The number of fused-ring (bicyclic) bond motifs is 1. The first-order chi connectivity index (χ1) is 13.6. The lowest BCUT2D eigenvalue weighted by atomic mass is 10.1. The summed E-state index contributed by atoms with van der Waals surface area (Å²) in [5.41, 5.74) is 2.15. The lowest BCUT2D eigenvalue weighted by Gasteiger charge is -2.31. The van der Waals surface area contributed by atoms with Crippen molar-refractivity contribution >= 4 is 28.8 Å². The summed E-state index contributed by atoms with van der Waals surface area (Å²) < 4.78 is 4.97. The highest BCUT2D eigenvalue weighted by molar-refractivity contribution is 6.35. The SMILES string of the molecule is CCOC(=O)N1CCC(NC(=O)C(=O)NCCc2c[nH]c3ccccc23)CC1. The van der Waals surface area contributed by atoms with Gasteiger partial charge in [0.1, 0.15) is 0 Å². The Balaban J connectivity index is 1.39. The van der Waals surface area contributed by atoms with Gasteiger partial charge in [-0.1, -0.05) is 18.2 Å². The highest BCUT2D eigenvalue weighted by atomic mass is 16.6. The summed E-state index contributed by atoms with van der Waals surface area (Å²) in [6.45, 7) is 3.50. The summed E-state index contributed by atoms with van der Waals surface area (Å²) in [6, 6.07) is 7.85. The van der Waals surface area contributed by atoms with Crippen LogP contribution in [0.4, 0.5) is 4.79 Å². The molecule has 8 nitrogen and oxygen atoms in total. The van der Waals surface area contributed by atoms with Gasteiger partial charge in [0.2, 0.25) is 0 Å². The minimum absolute atomic E-state index is 0.113. The highest BCUT2D eigenvalue weighted by Gasteiger charge is 2.26. The standard InChI is InChI=1S/C20H26N4O4/c1-2-28-20(27)24-11-8-15(9-12-24)23-19(26)18(25)21-10-7-14-13-22-17-6-4-3-5-16(14)17/h3-6,13,15,22H,2,7-12H2,1H3,(H,21,25)(H,23,26). The maximum absolute atomic E-state index is 12.1. The number of hydrogen-bond donors (Lipinski definition) is 3. The van der Waals surface area contributed by atoms with Crippen molar-refractivity contribution in [2.24, 2.45) is 0 Å². The minimum Gasteiger partial charge on any atom is -0.450 e. The molecule has 1 aromatic carbocycles. The van der Waals surface area contributed by atoms with E-state index >= 15 is 0 Å². The Morgan fingerprint density at radius 1 is 1.18 bits per heavy atom. The van der Waals surface area contributed by atoms with E-state index in [0.717, 1.165) is 16.5 Å². The number of benzene rings is 1. The summed E-state index contributed by atoms with van der Waals surface area (Å²) in [5.74, 6) is -1.26. The highest BCUT2D eigenvalue weighted by Crippen LogP contribution is 2.17. The molecular weight excluding hydrogens is 360 g/mol. The van der Waals surface area contributed by atoms with Gasteiger partial charge in [0.05, 0.1) is 6.61 Å². The Labute approximate surface area is 163 Å². The minimum atomic E-state index is -0.632. The number of H-pyrrole nitrogens is 1. The number of rotatable bonds is 5. The normalized spacial score (nSPS) is 14.7. The molecule has 0 unspecified atom stereocenters. The quantitative estimate of drug-likeness (QED) is 0.679. The van der Waals surface area contributed by atoms with Gasteiger partial charge < -0.3 is 25.3 Å². The van der Waals surface area contributed by atoms with Gasteiger partial charge in [-0.15, -0.1) is 0 Å². The number of ether oxygens (including phenoxy) is 1. The number of nitrogens with zero attached hydrogens (tertiary/aromatic N) is 1. The second-order valence-corrected chi connectivity index (χ2v) is 6.80. The lowest BCUT2D eigenvalue weighted by molar-refractivity contribution is -0.139. The number of piperidine rings is 1. The molecular formula is C20H26N4O4. The maximum Gasteiger partial charge on any atom is 0.409 e. The van der Waals surface area contributed by atoms with Crippen molar-refractivity contribution in [3.63, 3.8) is 0 Å². The topological polar surface area (TPSA) is 104 Å².